The van der Waals surface area contributed by atoms with E-state index in [9.17, 15) is 8.42 Å². The number of anilines is 1. The molecule has 0 radical (unpaired) electrons. The lowest BCUT2D eigenvalue weighted by Crippen LogP contribution is -2.34. The van der Waals surface area contributed by atoms with Crippen LogP contribution in [0.15, 0.2) is 67.6 Å². The molecular formula is C19H31N7O2S. The second kappa shape index (κ2) is 14.1. The number of likely N-dealkylation sites (N-methyl/N-ethyl adjacent to an activating group) is 1. The fourth-order valence-corrected chi connectivity index (χ4v) is 2.76. The number of pyridine rings is 1. The Kier molecular flexibility index (Phi) is 12.7. The minimum Gasteiger partial charge on any atom is -0.405 e. The molecule has 1 aromatic rings. The topological polar surface area (TPSA) is 150 Å². The lowest BCUT2D eigenvalue weighted by molar-refractivity contribution is 0.324. The molecular weight excluding hydrogens is 390 g/mol. The third kappa shape index (κ3) is 10.8. The van der Waals surface area contributed by atoms with Gasteiger partial charge in [0, 0.05) is 37.6 Å². The number of hydrogen-bond acceptors (Lipinski definition) is 8. The number of nitrogens with two attached hydrogens (primary N) is 2. The van der Waals surface area contributed by atoms with Gasteiger partial charge in [0.05, 0.1) is 16.8 Å². The molecule has 0 aromatic carbocycles. The van der Waals surface area contributed by atoms with Gasteiger partial charge in [0.15, 0.2) is 0 Å². The summed E-state index contributed by atoms with van der Waals surface area (Å²) in [5, 5.41) is 11.7. The summed E-state index contributed by atoms with van der Waals surface area (Å²) in [5.41, 5.74) is 11.0. The highest BCUT2D eigenvalue weighted by atomic mass is 32.2. The maximum Gasteiger partial charge on any atom is 0.235 e. The maximum atomic E-state index is 11.9. The van der Waals surface area contributed by atoms with Crippen molar-refractivity contribution in [3.05, 3.63) is 73.2 Å². The fraction of sp³-hybridized carbons (Fsp3) is 0.263. The molecule has 9 nitrogen and oxygen atoms in total. The number of rotatable bonds is 12. The second-order valence-electron chi connectivity index (χ2n) is 5.59. The molecule has 0 atom stereocenters. The van der Waals surface area contributed by atoms with Gasteiger partial charge in [-0.05, 0) is 24.9 Å². The maximum absolute atomic E-state index is 11.9. The minimum atomic E-state index is -3.59. The summed E-state index contributed by atoms with van der Waals surface area (Å²) in [6.07, 6.45) is 5.76. The highest BCUT2D eigenvalue weighted by Gasteiger charge is 2.10. The summed E-state index contributed by atoms with van der Waals surface area (Å²) < 4.78 is 26.4. The monoisotopic (exact) mass is 421 g/mol. The summed E-state index contributed by atoms with van der Waals surface area (Å²) in [6, 6.07) is 3.30. The van der Waals surface area contributed by atoms with Crippen molar-refractivity contribution in [3.63, 3.8) is 0 Å². The molecule has 29 heavy (non-hydrogen) atoms. The highest BCUT2D eigenvalue weighted by molar-refractivity contribution is 7.92. The Morgan fingerprint density at radius 1 is 1.41 bits per heavy atom. The average Bonchev–Trinajstić information content (AvgIpc) is 2.67. The van der Waals surface area contributed by atoms with Crippen LogP contribution in [0.5, 0.6) is 0 Å². The number of nitrogens with zero attached hydrogens (tertiary/aromatic N) is 2. The summed E-state index contributed by atoms with van der Waals surface area (Å²) in [5.74, 6) is 0.207. The van der Waals surface area contributed by atoms with E-state index in [-0.39, 0.29) is 23.8 Å². The summed E-state index contributed by atoms with van der Waals surface area (Å²) in [4.78, 5) is 5.96. The molecule has 0 aliphatic heterocycles. The molecule has 0 aliphatic rings. The van der Waals surface area contributed by atoms with Crippen LogP contribution in [-0.2, 0) is 10.0 Å². The molecule has 1 aromatic heterocycles. The largest absolute Gasteiger partial charge is 0.405 e. The van der Waals surface area contributed by atoms with Crippen molar-refractivity contribution in [1.29, 1.82) is 5.41 Å². The Morgan fingerprint density at radius 2 is 2.07 bits per heavy atom. The van der Waals surface area contributed by atoms with Gasteiger partial charge in [0.25, 0.3) is 0 Å². The minimum absolute atomic E-state index is 0.0358. The zero-order chi connectivity index (χ0) is 22.3. The first kappa shape index (κ1) is 26.1. The van der Waals surface area contributed by atoms with Crippen LogP contribution in [0.1, 0.15) is 12.5 Å². The molecule has 10 heteroatoms. The van der Waals surface area contributed by atoms with E-state index in [0.29, 0.717) is 18.7 Å². The predicted octanol–water partition coefficient (Wildman–Crippen LogP) is 1.12. The van der Waals surface area contributed by atoms with E-state index in [2.05, 4.69) is 45.4 Å². The molecule has 0 aliphatic carbocycles. The van der Waals surface area contributed by atoms with E-state index in [1.165, 1.54) is 18.6 Å². The van der Waals surface area contributed by atoms with Crippen LogP contribution in [-0.4, -0.2) is 50.2 Å². The molecule has 1 heterocycles. The van der Waals surface area contributed by atoms with Gasteiger partial charge in [-0.2, -0.15) is 0 Å². The fourth-order valence-electron chi connectivity index (χ4n) is 2.04. The van der Waals surface area contributed by atoms with Crippen LogP contribution in [0.4, 0.5) is 5.82 Å². The lowest BCUT2D eigenvalue weighted by Gasteiger charge is -2.17. The van der Waals surface area contributed by atoms with Gasteiger partial charge < -0.3 is 16.8 Å². The summed E-state index contributed by atoms with van der Waals surface area (Å²) >= 11 is 0. The number of nitrogens with one attached hydrogen (secondary N) is 3. The Morgan fingerprint density at radius 3 is 2.62 bits per heavy atom. The first-order valence-corrected chi connectivity index (χ1v) is 10.3. The molecule has 0 spiro atoms. The molecule has 0 unspecified atom stereocenters. The molecule has 0 saturated heterocycles. The zero-order valence-corrected chi connectivity index (χ0v) is 17.6. The molecule has 1 rings (SSSR count). The standard InChI is InChI=1S/C17H26N6O2S.C2H5N/c1-4-11-23(5-2)12-9-22-26(24,25)13-10-20-14(3)16(18)15-7-6-8-21-17(15)19;1-2-3/h4,6-8,10,13,18,20,22H,1,3,5,9,11-12H2,2H3,(H2,19,21);2H,1,3H2/b13-10+,18-16?;. The number of sulfonamides is 1. The van der Waals surface area contributed by atoms with Gasteiger partial charge in [-0.1, -0.05) is 26.2 Å². The molecule has 0 bridgehead atoms. The number of nitrogen functional groups attached to an aromatic ring is 1. The van der Waals surface area contributed by atoms with Gasteiger partial charge in [-0.25, -0.2) is 18.1 Å². The van der Waals surface area contributed by atoms with E-state index in [4.69, 9.17) is 11.1 Å². The van der Waals surface area contributed by atoms with Crippen molar-refractivity contribution in [2.75, 3.05) is 31.9 Å². The molecule has 7 N–H and O–H groups in total. The first-order valence-electron chi connectivity index (χ1n) is 8.79. The first-order chi connectivity index (χ1) is 13.7. The van der Waals surface area contributed by atoms with Crippen molar-refractivity contribution in [3.8, 4) is 0 Å². The Balaban J connectivity index is 0.00000245. The molecule has 0 amide bonds. The van der Waals surface area contributed by atoms with Crippen molar-refractivity contribution < 1.29 is 8.42 Å². The van der Waals surface area contributed by atoms with Gasteiger partial charge in [0.2, 0.25) is 10.0 Å². The van der Waals surface area contributed by atoms with E-state index < -0.39 is 10.0 Å². The van der Waals surface area contributed by atoms with Gasteiger partial charge in [-0.15, -0.1) is 6.58 Å². The lowest BCUT2D eigenvalue weighted by atomic mass is 10.1. The van der Waals surface area contributed by atoms with Crippen LogP contribution in [0.25, 0.3) is 0 Å². The van der Waals surface area contributed by atoms with Crippen molar-refractivity contribution >= 4 is 21.6 Å². The Hall–Kier alpha value is -2.95. The SMILES string of the molecule is C=CCN(CC)CCNS(=O)(=O)/C=C/NC(=C)C(=N)c1cccnc1N.C=CN. The molecule has 0 saturated carbocycles. The third-order valence-electron chi connectivity index (χ3n) is 3.48. The van der Waals surface area contributed by atoms with E-state index in [0.717, 1.165) is 12.0 Å². The number of allylic oxidation sites excluding steroid dienone is 1. The Bertz CT molecular complexity index is 820. The van der Waals surface area contributed by atoms with Crippen molar-refractivity contribution in [2.24, 2.45) is 5.73 Å². The molecule has 160 valence electrons. The summed E-state index contributed by atoms with van der Waals surface area (Å²) in [7, 11) is -3.59. The predicted molar refractivity (Wildman–Crippen MR) is 121 cm³/mol. The molecule has 0 fully saturated rings. The van der Waals surface area contributed by atoms with E-state index in [1.54, 1.807) is 18.2 Å². The number of aromatic nitrogens is 1. The van der Waals surface area contributed by atoms with Crippen molar-refractivity contribution in [2.45, 2.75) is 6.92 Å². The van der Waals surface area contributed by atoms with Gasteiger partial charge >= 0.3 is 0 Å². The van der Waals surface area contributed by atoms with Crippen LogP contribution in [0.3, 0.4) is 0 Å². The highest BCUT2D eigenvalue weighted by Crippen LogP contribution is 2.10. The second-order valence-corrected chi connectivity index (χ2v) is 7.24. The van der Waals surface area contributed by atoms with E-state index in [1.807, 2.05) is 6.92 Å². The van der Waals surface area contributed by atoms with E-state index >= 15 is 0 Å². The Labute approximate surface area is 173 Å². The van der Waals surface area contributed by atoms with Crippen LogP contribution < -0.4 is 21.5 Å². The smallest absolute Gasteiger partial charge is 0.235 e. The third-order valence-corrected chi connectivity index (χ3v) is 4.58. The van der Waals surface area contributed by atoms with Gasteiger partial charge in [-0.3, -0.25) is 10.3 Å². The van der Waals surface area contributed by atoms with Crippen molar-refractivity contribution in [1.82, 2.24) is 19.9 Å². The zero-order valence-electron chi connectivity index (χ0n) is 16.8. The normalized spacial score (nSPS) is 10.8. The average molecular weight is 422 g/mol. The van der Waals surface area contributed by atoms with Crippen LogP contribution in [0, 0.1) is 5.41 Å². The summed E-state index contributed by atoms with van der Waals surface area (Å²) in [6.45, 7) is 14.9. The van der Waals surface area contributed by atoms with Crippen LogP contribution >= 0.6 is 0 Å². The van der Waals surface area contributed by atoms with Gasteiger partial charge in [0.1, 0.15) is 5.82 Å². The van der Waals surface area contributed by atoms with Crippen LogP contribution in [0.2, 0.25) is 0 Å². The quantitative estimate of drug-likeness (QED) is 0.251. The number of hydrogen-bond donors (Lipinski definition) is 5.